The van der Waals surface area contributed by atoms with Gasteiger partial charge in [0.15, 0.2) is 0 Å². The van der Waals surface area contributed by atoms with Gasteiger partial charge in [-0.15, -0.1) is 0 Å². The SMILES string of the molecule is Cc1cc(=O)oc2cc(N3C(=O)C[C@H](Cc4ccccc4)C3=O)ccc12. The molecular formula is C21H17NO4. The van der Waals surface area contributed by atoms with E-state index in [1.54, 1.807) is 18.2 Å². The second-order valence-corrected chi connectivity index (χ2v) is 6.59. The molecule has 4 rings (SSSR count). The van der Waals surface area contributed by atoms with Gasteiger partial charge in [-0.3, -0.25) is 14.5 Å². The second-order valence-electron chi connectivity index (χ2n) is 6.59. The van der Waals surface area contributed by atoms with Gasteiger partial charge in [0.25, 0.3) is 0 Å². The maximum Gasteiger partial charge on any atom is 0.336 e. The van der Waals surface area contributed by atoms with Gasteiger partial charge in [-0.2, -0.15) is 0 Å². The third kappa shape index (κ3) is 2.81. The van der Waals surface area contributed by atoms with E-state index in [9.17, 15) is 14.4 Å². The highest BCUT2D eigenvalue weighted by Gasteiger charge is 2.39. The van der Waals surface area contributed by atoms with Crippen LogP contribution < -0.4 is 10.5 Å². The lowest BCUT2D eigenvalue weighted by Crippen LogP contribution is -2.30. The number of nitrogens with zero attached hydrogens (tertiary/aromatic N) is 1. The number of hydrogen-bond acceptors (Lipinski definition) is 4. The van der Waals surface area contributed by atoms with Crippen molar-refractivity contribution in [3.05, 3.63) is 76.1 Å². The van der Waals surface area contributed by atoms with Crippen LogP contribution in [0.2, 0.25) is 0 Å². The van der Waals surface area contributed by atoms with E-state index in [-0.39, 0.29) is 24.2 Å². The van der Waals surface area contributed by atoms with Crippen LogP contribution in [-0.4, -0.2) is 11.8 Å². The van der Waals surface area contributed by atoms with Crippen molar-refractivity contribution < 1.29 is 14.0 Å². The Morgan fingerprint density at radius 1 is 1.04 bits per heavy atom. The Balaban J connectivity index is 1.67. The summed E-state index contributed by atoms with van der Waals surface area (Å²) in [5, 5.41) is 0.785. The van der Waals surface area contributed by atoms with Crippen LogP contribution in [0.5, 0.6) is 0 Å². The molecule has 130 valence electrons. The first-order valence-electron chi connectivity index (χ1n) is 8.48. The van der Waals surface area contributed by atoms with Gasteiger partial charge in [0.1, 0.15) is 5.58 Å². The van der Waals surface area contributed by atoms with Crippen molar-refractivity contribution in [3.63, 3.8) is 0 Å². The van der Waals surface area contributed by atoms with E-state index in [1.807, 2.05) is 37.3 Å². The normalized spacial score (nSPS) is 17.3. The molecule has 0 aliphatic carbocycles. The lowest BCUT2D eigenvalue weighted by molar-refractivity contribution is -0.122. The minimum absolute atomic E-state index is 0.184. The average molecular weight is 347 g/mol. The molecule has 1 aromatic heterocycles. The summed E-state index contributed by atoms with van der Waals surface area (Å²) in [4.78, 5) is 38.1. The van der Waals surface area contributed by atoms with Crippen LogP contribution in [-0.2, 0) is 16.0 Å². The van der Waals surface area contributed by atoms with E-state index in [0.717, 1.165) is 16.5 Å². The first-order chi connectivity index (χ1) is 12.5. The van der Waals surface area contributed by atoms with Crippen LogP contribution in [0.3, 0.4) is 0 Å². The van der Waals surface area contributed by atoms with Gasteiger partial charge in [0, 0.05) is 23.9 Å². The molecule has 0 saturated carbocycles. The van der Waals surface area contributed by atoms with Crippen LogP contribution in [0, 0.1) is 12.8 Å². The van der Waals surface area contributed by atoms with E-state index in [2.05, 4.69) is 0 Å². The fourth-order valence-corrected chi connectivity index (χ4v) is 3.48. The molecule has 26 heavy (non-hydrogen) atoms. The Bertz CT molecular complexity index is 1070. The Labute approximate surface area is 149 Å². The summed E-state index contributed by atoms with van der Waals surface area (Å²) in [7, 11) is 0. The van der Waals surface area contributed by atoms with Crippen molar-refractivity contribution in [1.82, 2.24) is 0 Å². The molecule has 1 atom stereocenters. The largest absolute Gasteiger partial charge is 0.423 e. The summed E-state index contributed by atoms with van der Waals surface area (Å²) in [5.74, 6) is -0.816. The third-order valence-corrected chi connectivity index (χ3v) is 4.76. The van der Waals surface area contributed by atoms with Gasteiger partial charge in [-0.05, 0) is 36.6 Å². The molecule has 3 aromatic rings. The van der Waals surface area contributed by atoms with Gasteiger partial charge in [-0.1, -0.05) is 30.3 Å². The van der Waals surface area contributed by atoms with Crippen molar-refractivity contribution in [3.8, 4) is 0 Å². The van der Waals surface area contributed by atoms with E-state index in [4.69, 9.17) is 4.42 Å². The molecule has 1 saturated heterocycles. The second kappa shape index (κ2) is 6.26. The Morgan fingerprint density at radius 2 is 1.81 bits per heavy atom. The number of rotatable bonds is 3. The highest BCUT2D eigenvalue weighted by Crippen LogP contribution is 2.31. The monoisotopic (exact) mass is 347 g/mol. The van der Waals surface area contributed by atoms with Gasteiger partial charge < -0.3 is 4.42 Å². The molecule has 0 bridgehead atoms. The van der Waals surface area contributed by atoms with Crippen LogP contribution in [0.1, 0.15) is 17.5 Å². The average Bonchev–Trinajstić information content (AvgIpc) is 2.88. The molecular weight excluding hydrogens is 330 g/mol. The first-order valence-corrected chi connectivity index (χ1v) is 8.48. The fourth-order valence-electron chi connectivity index (χ4n) is 3.48. The van der Waals surface area contributed by atoms with Gasteiger partial charge in [0.05, 0.1) is 11.6 Å². The highest BCUT2D eigenvalue weighted by atomic mass is 16.4. The lowest BCUT2D eigenvalue weighted by atomic mass is 9.98. The minimum Gasteiger partial charge on any atom is -0.423 e. The number of anilines is 1. The van der Waals surface area contributed by atoms with E-state index in [1.165, 1.54) is 11.0 Å². The molecule has 0 unspecified atom stereocenters. The topological polar surface area (TPSA) is 67.6 Å². The predicted octanol–water partition coefficient (Wildman–Crippen LogP) is 3.22. The summed E-state index contributed by atoms with van der Waals surface area (Å²) >= 11 is 0. The summed E-state index contributed by atoms with van der Waals surface area (Å²) in [6.45, 7) is 1.82. The van der Waals surface area contributed by atoms with E-state index < -0.39 is 5.63 Å². The quantitative estimate of drug-likeness (QED) is 0.539. The predicted molar refractivity (Wildman–Crippen MR) is 98.0 cm³/mol. The van der Waals surface area contributed by atoms with Crippen LogP contribution in [0.15, 0.2) is 63.8 Å². The standard InChI is InChI=1S/C21H17NO4/c1-13-9-20(24)26-18-12-16(7-8-17(13)18)22-19(23)11-15(21(22)25)10-14-5-3-2-4-6-14/h2-9,12,15H,10-11H2,1H3/t15-/m0/s1. The summed E-state index contributed by atoms with van der Waals surface area (Å²) < 4.78 is 5.23. The number of carbonyl (C=O) groups excluding carboxylic acids is 2. The zero-order valence-corrected chi connectivity index (χ0v) is 14.3. The van der Waals surface area contributed by atoms with Crippen LogP contribution in [0.4, 0.5) is 5.69 Å². The molecule has 0 N–H and O–H groups in total. The number of hydrogen-bond donors (Lipinski definition) is 0. The molecule has 0 radical (unpaired) electrons. The van der Waals surface area contributed by atoms with Crippen molar-refractivity contribution >= 4 is 28.5 Å². The first kappa shape index (κ1) is 16.3. The number of carbonyl (C=O) groups is 2. The molecule has 2 aromatic carbocycles. The van der Waals surface area contributed by atoms with E-state index in [0.29, 0.717) is 17.7 Å². The zero-order chi connectivity index (χ0) is 18.3. The van der Waals surface area contributed by atoms with Gasteiger partial charge >= 0.3 is 5.63 Å². The van der Waals surface area contributed by atoms with Crippen molar-refractivity contribution in [2.75, 3.05) is 4.90 Å². The summed E-state index contributed by atoms with van der Waals surface area (Å²) in [5.41, 5.74) is 2.19. The summed E-state index contributed by atoms with van der Waals surface area (Å²) in [6, 6.07) is 16.2. The third-order valence-electron chi connectivity index (χ3n) is 4.76. The summed E-state index contributed by atoms with van der Waals surface area (Å²) in [6.07, 6.45) is 0.715. The maximum absolute atomic E-state index is 12.8. The minimum atomic E-state index is -0.451. The van der Waals surface area contributed by atoms with Crippen molar-refractivity contribution in [2.24, 2.45) is 5.92 Å². The maximum atomic E-state index is 12.8. The number of fused-ring (bicyclic) bond motifs is 1. The van der Waals surface area contributed by atoms with Gasteiger partial charge in [0.2, 0.25) is 11.8 Å². The van der Waals surface area contributed by atoms with Crippen molar-refractivity contribution in [1.29, 1.82) is 0 Å². The number of amides is 2. The zero-order valence-electron chi connectivity index (χ0n) is 14.3. The lowest BCUT2D eigenvalue weighted by Gasteiger charge is -2.15. The molecule has 1 aliphatic rings. The number of imide groups is 1. The molecule has 0 spiro atoms. The Kier molecular flexibility index (Phi) is 3.92. The molecule has 1 fully saturated rings. The Hall–Kier alpha value is -3.21. The van der Waals surface area contributed by atoms with Crippen LogP contribution in [0.25, 0.3) is 11.0 Å². The fraction of sp³-hybridized carbons (Fsp3) is 0.190. The smallest absolute Gasteiger partial charge is 0.336 e. The highest BCUT2D eigenvalue weighted by molar-refractivity contribution is 6.21. The molecule has 5 heteroatoms. The van der Waals surface area contributed by atoms with Gasteiger partial charge in [-0.25, -0.2) is 4.79 Å². The van der Waals surface area contributed by atoms with Crippen LogP contribution >= 0.6 is 0 Å². The molecule has 2 amide bonds. The molecule has 1 aliphatic heterocycles. The molecule has 5 nitrogen and oxygen atoms in total. The van der Waals surface area contributed by atoms with E-state index >= 15 is 0 Å². The molecule has 2 heterocycles. The van der Waals surface area contributed by atoms with Crippen molar-refractivity contribution in [2.45, 2.75) is 19.8 Å². The Morgan fingerprint density at radius 3 is 2.58 bits per heavy atom. The number of benzene rings is 2. The number of aryl methyl sites for hydroxylation is 1.